The molecule has 3 nitrogen and oxygen atoms in total. The van der Waals surface area contributed by atoms with Crippen molar-refractivity contribution in [1.29, 1.82) is 0 Å². The van der Waals surface area contributed by atoms with Crippen LogP contribution in [0.4, 0.5) is 0 Å². The Hall–Kier alpha value is -0.990. The molecule has 0 aliphatic carbocycles. The van der Waals surface area contributed by atoms with Gasteiger partial charge in [-0.25, -0.2) is 0 Å². The van der Waals surface area contributed by atoms with Gasteiger partial charge in [-0.3, -0.25) is 4.79 Å². The van der Waals surface area contributed by atoms with Gasteiger partial charge in [0.1, 0.15) is 0 Å². The first kappa shape index (κ1) is 13.1. The van der Waals surface area contributed by atoms with Crippen molar-refractivity contribution in [2.24, 2.45) is 0 Å². The molecular weight excluding hydrogens is 200 g/mol. The van der Waals surface area contributed by atoms with Crippen molar-refractivity contribution >= 4 is 5.91 Å². The predicted octanol–water partition coefficient (Wildman–Crippen LogP) is 2.24. The molecule has 1 heterocycles. The highest BCUT2D eigenvalue weighted by atomic mass is 16.2. The topological polar surface area (TPSA) is 23.6 Å². The van der Waals surface area contributed by atoms with Crippen molar-refractivity contribution < 1.29 is 4.79 Å². The summed E-state index contributed by atoms with van der Waals surface area (Å²) in [5, 5.41) is 0. The van der Waals surface area contributed by atoms with Crippen LogP contribution < -0.4 is 0 Å². The first-order valence-corrected chi connectivity index (χ1v) is 6.39. The zero-order valence-corrected chi connectivity index (χ0v) is 10.7. The van der Waals surface area contributed by atoms with E-state index in [1.54, 1.807) is 0 Å². The van der Waals surface area contributed by atoms with Gasteiger partial charge in [0.15, 0.2) is 0 Å². The molecule has 1 rings (SSSR count). The minimum absolute atomic E-state index is 0.255. The Labute approximate surface area is 99.1 Å². The van der Waals surface area contributed by atoms with Gasteiger partial charge in [-0.05, 0) is 26.2 Å². The van der Waals surface area contributed by atoms with E-state index >= 15 is 0 Å². The Kier molecular flexibility index (Phi) is 5.36. The second-order valence-electron chi connectivity index (χ2n) is 4.42. The number of amides is 1. The Balaban J connectivity index is 2.42. The summed E-state index contributed by atoms with van der Waals surface area (Å²) in [5.74, 6) is 0.255. The average Bonchev–Trinajstić information content (AvgIpc) is 2.79. The van der Waals surface area contributed by atoms with E-state index in [4.69, 9.17) is 0 Å². The normalized spacial score (nSPS) is 15.2. The summed E-state index contributed by atoms with van der Waals surface area (Å²) in [4.78, 5) is 16.0. The Morgan fingerprint density at radius 3 is 2.44 bits per heavy atom. The van der Waals surface area contributed by atoms with Crippen molar-refractivity contribution in [3.05, 3.63) is 12.3 Å². The second-order valence-corrected chi connectivity index (χ2v) is 4.42. The molecule has 1 aliphatic rings. The van der Waals surface area contributed by atoms with E-state index < -0.39 is 0 Å². The number of hydrogen-bond donors (Lipinski definition) is 0. The number of carbonyl (C=O) groups excluding carboxylic acids is 1. The summed E-state index contributed by atoms with van der Waals surface area (Å²) < 4.78 is 0. The summed E-state index contributed by atoms with van der Waals surface area (Å²) >= 11 is 0. The van der Waals surface area contributed by atoms with Gasteiger partial charge >= 0.3 is 0 Å². The van der Waals surface area contributed by atoms with E-state index in [1.165, 1.54) is 12.8 Å². The molecule has 0 radical (unpaired) electrons. The predicted molar refractivity (Wildman–Crippen MR) is 67.1 cm³/mol. The van der Waals surface area contributed by atoms with E-state index in [2.05, 4.69) is 11.5 Å². The second kappa shape index (κ2) is 6.56. The van der Waals surface area contributed by atoms with Gasteiger partial charge in [-0.2, -0.15) is 0 Å². The van der Waals surface area contributed by atoms with E-state index in [0.717, 1.165) is 31.8 Å². The van der Waals surface area contributed by atoms with Crippen LogP contribution in [-0.2, 0) is 4.79 Å². The molecule has 0 bridgehead atoms. The lowest BCUT2D eigenvalue weighted by Gasteiger charge is -2.27. The fourth-order valence-electron chi connectivity index (χ4n) is 2.10. The Bertz CT molecular complexity index is 244. The van der Waals surface area contributed by atoms with Gasteiger partial charge in [0.25, 0.3) is 0 Å². The van der Waals surface area contributed by atoms with Crippen molar-refractivity contribution in [3.63, 3.8) is 0 Å². The fraction of sp³-hybridized carbons (Fsp3) is 0.769. The molecule has 0 N–H and O–H groups in total. The summed E-state index contributed by atoms with van der Waals surface area (Å²) in [6, 6.07) is 0. The number of likely N-dealkylation sites (tertiary alicyclic amines) is 1. The molecule has 1 fully saturated rings. The number of hydrogen-bond acceptors (Lipinski definition) is 2. The van der Waals surface area contributed by atoms with Gasteiger partial charge in [0, 0.05) is 31.8 Å². The monoisotopic (exact) mass is 224 g/mol. The molecule has 3 heteroatoms. The van der Waals surface area contributed by atoms with Crippen LogP contribution in [0.5, 0.6) is 0 Å². The van der Waals surface area contributed by atoms with Gasteiger partial charge < -0.3 is 9.80 Å². The van der Waals surface area contributed by atoms with Crippen LogP contribution >= 0.6 is 0 Å². The van der Waals surface area contributed by atoms with Crippen LogP contribution in [0.3, 0.4) is 0 Å². The highest BCUT2D eigenvalue weighted by molar-refractivity contribution is 5.76. The molecule has 0 saturated carbocycles. The molecule has 0 aromatic carbocycles. The van der Waals surface area contributed by atoms with Crippen molar-refractivity contribution in [1.82, 2.24) is 9.80 Å². The minimum atomic E-state index is 0.255. The van der Waals surface area contributed by atoms with Crippen molar-refractivity contribution in [3.8, 4) is 0 Å². The zero-order valence-electron chi connectivity index (χ0n) is 10.7. The van der Waals surface area contributed by atoms with E-state index in [1.807, 2.05) is 18.7 Å². The number of nitrogens with zero attached hydrogens (tertiary/aromatic N) is 2. The molecule has 0 aromatic heterocycles. The van der Waals surface area contributed by atoms with Gasteiger partial charge in [-0.15, -0.1) is 0 Å². The van der Waals surface area contributed by atoms with Crippen LogP contribution in [0.2, 0.25) is 0 Å². The molecule has 16 heavy (non-hydrogen) atoms. The lowest BCUT2D eigenvalue weighted by Crippen LogP contribution is -2.36. The lowest BCUT2D eigenvalue weighted by molar-refractivity contribution is -0.130. The van der Waals surface area contributed by atoms with Gasteiger partial charge in [0.2, 0.25) is 5.91 Å². The van der Waals surface area contributed by atoms with Gasteiger partial charge in [0.05, 0.1) is 6.54 Å². The summed E-state index contributed by atoms with van der Waals surface area (Å²) in [6.07, 6.45) is 4.09. The quantitative estimate of drug-likeness (QED) is 0.691. The number of rotatable bonds is 6. The third-order valence-corrected chi connectivity index (χ3v) is 3.12. The highest BCUT2D eigenvalue weighted by Gasteiger charge is 2.17. The van der Waals surface area contributed by atoms with Crippen LogP contribution in [-0.4, -0.2) is 41.9 Å². The first-order chi connectivity index (χ1) is 7.69. The molecule has 0 aromatic rings. The third kappa shape index (κ3) is 3.54. The largest absolute Gasteiger partial charge is 0.374 e. The Morgan fingerprint density at radius 1 is 1.31 bits per heavy atom. The van der Waals surface area contributed by atoms with Crippen LogP contribution in [0.1, 0.15) is 39.5 Å². The molecule has 1 aliphatic heterocycles. The summed E-state index contributed by atoms with van der Waals surface area (Å²) in [7, 11) is 0. The average molecular weight is 224 g/mol. The zero-order chi connectivity index (χ0) is 12.0. The third-order valence-electron chi connectivity index (χ3n) is 3.12. The van der Waals surface area contributed by atoms with Crippen LogP contribution in [0, 0.1) is 0 Å². The number of carbonyl (C=O) groups is 1. The van der Waals surface area contributed by atoms with Gasteiger partial charge in [-0.1, -0.05) is 13.5 Å². The Morgan fingerprint density at radius 2 is 1.94 bits per heavy atom. The van der Waals surface area contributed by atoms with E-state index in [0.29, 0.717) is 13.0 Å². The fourth-order valence-corrected chi connectivity index (χ4v) is 2.10. The maximum absolute atomic E-state index is 11.8. The molecular formula is C13H24N2O. The maximum Gasteiger partial charge on any atom is 0.222 e. The van der Waals surface area contributed by atoms with Crippen LogP contribution in [0.15, 0.2) is 12.3 Å². The molecule has 0 spiro atoms. The SMILES string of the molecule is C=C(CN(CC)C(=O)CCC)N1CCCC1. The number of likely N-dealkylation sites (N-methyl/N-ethyl adjacent to an activating group) is 1. The molecule has 1 saturated heterocycles. The van der Waals surface area contributed by atoms with E-state index in [9.17, 15) is 4.79 Å². The van der Waals surface area contributed by atoms with E-state index in [-0.39, 0.29) is 5.91 Å². The van der Waals surface area contributed by atoms with Crippen LogP contribution in [0.25, 0.3) is 0 Å². The standard InChI is InChI=1S/C13H24N2O/c1-4-8-13(16)14(5-2)11-12(3)15-9-6-7-10-15/h3-11H2,1-2H3. The lowest BCUT2D eigenvalue weighted by atomic mass is 10.2. The van der Waals surface area contributed by atoms with Crippen molar-refractivity contribution in [2.45, 2.75) is 39.5 Å². The summed E-state index contributed by atoms with van der Waals surface area (Å²) in [6.45, 7) is 11.9. The summed E-state index contributed by atoms with van der Waals surface area (Å²) in [5.41, 5.74) is 1.10. The first-order valence-electron chi connectivity index (χ1n) is 6.39. The smallest absolute Gasteiger partial charge is 0.222 e. The van der Waals surface area contributed by atoms with Crippen molar-refractivity contribution in [2.75, 3.05) is 26.2 Å². The maximum atomic E-state index is 11.8. The molecule has 92 valence electrons. The minimum Gasteiger partial charge on any atom is -0.374 e. The molecule has 0 unspecified atom stereocenters. The highest BCUT2D eigenvalue weighted by Crippen LogP contribution is 2.14. The molecule has 1 amide bonds. The molecule has 0 atom stereocenters.